The van der Waals surface area contributed by atoms with Gasteiger partial charge in [0.1, 0.15) is 0 Å². The molecule has 0 aliphatic carbocycles. The van der Waals surface area contributed by atoms with E-state index in [9.17, 15) is 0 Å². The van der Waals surface area contributed by atoms with Gasteiger partial charge in [-0.15, -0.1) is 11.3 Å². The maximum Gasteiger partial charge on any atom is 0.202 e. The summed E-state index contributed by atoms with van der Waals surface area (Å²) in [5.41, 5.74) is 1.06. The van der Waals surface area contributed by atoms with E-state index in [-0.39, 0.29) is 0 Å². The standard InChI is InChI=1S/C11H15N3S/c1-9-8-14(11(12-2)13-9)6-5-10-4-3-7-15-10/h3-4,7-8H,5-6H2,1-2H3,(H,12,13). The van der Waals surface area contributed by atoms with E-state index in [0.717, 1.165) is 24.6 Å². The second kappa shape index (κ2) is 4.49. The van der Waals surface area contributed by atoms with Gasteiger partial charge >= 0.3 is 0 Å². The molecule has 80 valence electrons. The third-order valence-electron chi connectivity index (χ3n) is 2.30. The van der Waals surface area contributed by atoms with Crippen LogP contribution in [0.1, 0.15) is 10.6 Å². The van der Waals surface area contributed by atoms with Gasteiger partial charge in [0.05, 0.1) is 5.69 Å². The maximum atomic E-state index is 4.38. The molecular weight excluding hydrogens is 206 g/mol. The zero-order valence-corrected chi connectivity index (χ0v) is 9.84. The number of aryl methyl sites for hydroxylation is 3. The van der Waals surface area contributed by atoms with E-state index in [1.165, 1.54) is 4.88 Å². The molecule has 0 unspecified atom stereocenters. The number of anilines is 1. The highest BCUT2D eigenvalue weighted by atomic mass is 32.1. The number of rotatable bonds is 4. The molecule has 0 aliphatic heterocycles. The van der Waals surface area contributed by atoms with Crippen molar-refractivity contribution in [2.45, 2.75) is 19.9 Å². The van der Waals surface area contributed by atoms with E-state index < -0.39 is 0 Å². The van der Waals surface area contributed by atoms with E-state index in [1.807, 2.05) is 25.3 Å². The molecule has 0 aromatic carbocycles. The Labute approximate surface area is 93.8 Å². The molecule has 0 bridgehead atoms. The van der Waals surface area contributed by atoms with Gasteiger partial charge in [-0.2, -0.15) is 0 Å². The Kier molecular flexibility index (Phi) is 3.06. The predicted molar refractivity (Wildman–Crippen MR) is 64.5 cm³/mol. The fourth-order valence-electron chi connectivity index (χ4n) is 1.60. The summed E-state index contributed by atoms with van der Waals surface area (Å²) in [4.78, 5) is 5.80. The average Bonchev–Trinajstić information content (AvgIpc) is 2.83. The summed E-state index contributed by atoms with van der Waals surface area (Å²) < 4.78 is 2.16. The van der Waals surface area contributed by atoms with E-state index in [1.54, 1.807) is 0 Å². The van der Waals surface area contributed by atoms with E-state index in [2.05, 4.69) is 38.6 Å². The molecule has 3 nitrogen and oxygen atoms in total. The van der Waals surface area contributed by atoms with Crippen LogP contribution in [-0.2, 0) is 13.0 Å². The van der Waals surface area contributed by atoms with E-state index in [4.69, 9.17) is 0 Å². The summed E-state index contributed by atoms with van der Waals surface area (Å²) in [7, 11) is 1.91. The number of thiophene rings is 1. The number of hydrogen-bond donors (Lipinski definition) is 1. The van der Waals surface area contributed by atoms with Gasteiger partial charge in [-0.3, -0.25) is 0 Å². The first-order chi connectivity index (χ1) is 7.29. The Morgan fingerprint density at radius 3 is 3.07 bits per heavy atom. The van der Waals surface area contributed by atoms with Crippen molar-refractivity contribution in [3.05, 3.63) is 34.3 Å². The molecular formula is C11H15N3S. The predicted octanol–water partition coefficient (Wildman–Crippen LogP) is 2.54. The van der Waals surface area contributed by atoms with Crippen molar-refractivity contribution in [2.75, 3.05) is 12.4 Å². The minimum Gasteiger partial charge on any atom is -0.359 e. The van der Waals surface area contributed by atoms with Crippen LogP contribution in [0, 0.1) is 6.92 Å². The Balaban J connectivity index is 2.04. The van der Waals surface area contributed by atoms with Crippen molar-refractivity contribution in [3.8, 4) is 0 Å². The largest absolute Gasteiger partial charge is 0.359 e. The summed E-state index contributed by atoms with van der Waals surface area (Å²) in [5, 5.41) is 5.22. The van der Waals surface area contributed by atoms with Crippen LogP contribution < -0.4 is 5.32 Å². The molecule has 2 aromatic heterocycles. The number of aromatic nitrogens is 2. The molecule has 2 aromatic rings. The van der Waals surface area contributed by atoms with Gasteiger partial charge in [-0.1, -0.05) is 6.07 Å². The highest BCUT2D eigenvalue weighted by molar-refractivity contribution is 7.09. The van der Waals surface area contributed by atoms with Crippen LogP contribution in [0.2, 0.25) is 0 Å². The second-order valence-electron chi connectivity index (χ2n) is 3.48. The monoisotopic (exact) mass is 221 g/mol. The van der Waals surface area contributed by atoms with Crippen molar-refractivity contribution in [1.29, 1.82) is 0 Å². The minimum atomic E-state index is 0.948. The Morgan fingerprint density at radius 2 is 2.40 bits per heavy atom. The molecule has 0 spiro atoms. The summed E-state index contributed by atoms with van der Waals surface area (Å²) >= 11 is 1.81. The fourth-order valence-corrected chi connectivity index (χ4v) is 2.30. The normalized spacial score (nSPS) is 10.5. The highest BCUT2D eigenvalue weighted by Gasteiger charge is 2.03. The minimum absolute atomic E-state index is 0.948. The molecule has 0 radical (unpaired) electrons. The second-order valence-corrected chi connectivity index (χ2v) is 4.51. The average molecular weight is 221 g/mol. The van der Waals surface area contributed by atoms with Gasteiger partial charge in [0.25, 0.3) is 0 Å². The van der Waals surface area contributed by atoms with Gasteiger partial charge in [0.15, 0.2) is 0 Å². The lowest BCUT2D eigenvalue weighted by molar-refractivity contribution is 0.708. The molecule has 2 rings (SSSR count). The first-order valence-electron chi connectivity index (χ1n) is 5.03. The summed E-state index contributed by atoms with van der Waals surface area (Å²) in [6.45, 7) is 3.00. The van der Waals surface area contributed by atoms with Crippen LogP contribution in [0.3, 0.4) is 0 Å². The Morgan fingerprint density at radius 1 is 1.53 bits per heavy atom. The van der Waals surface area contributed by atoms with Crippen LogP contribution in [0.5, 0.6) is 0 Å². The highest BCUT2D eigenvalue weighted by Crippen LogP contribution is 2.13. The summed E-state index contributed by atoms with van der Waals surface area (Å²) in [6.07, 6.45) is 3.15. The van der Waals surface area contributed by atoms with Crippen LogP contribution in [-0.4, -0.2) is 16.6 Å². The third-order valence-corrected chi connectivity index (χ3v) is 3.24. The summed E-state index contributed by atoms with van der Waals surface area (Å²) in [5.74, 6) is 0.948. The molecule has 0 atom stereocenters. The lowest BCUT2D eigenvalue weighted by atomic mass is 10.3. The fraction of sp³-hybridized carbons (Fsp3) is 0.364. The van der Waals surface area contributed by atoms with Crippen LogP contribution in [0.15, 0.2) is 23.7 Å². The van der Waals surface area contributed by atoms with Crippen LogP contribution >= 0.6 is 11.3 Å². The van der Waals surface area contributed by atoms with Gasteiger partial charge in [-0.25, -0.2) is 4.98 Å². The van der Waals surface area contributed by atoms with Gasteiger partial charge < -0.3 is 9.88 Å². The van der Waals surface area contributed by atoms with E-state index >= 15 is 0 Å². The molecule has 1 N–H and O–H groups in total. The van der Waals surface area contributed by atoms with Crippen LogP contribution in [0.25, 0.3) is 0 Å². The maximum absolute atomic E-state index is 4.38. The Bertz CT molecular complexity index is 417. The van der Waals surface area contributed by atoms with Gasteiger partial charge in [0, 0.05) is 24.7 Å². The smallest absolute Gasteiger partial charge is 0.202 e. The molecule has 2 heterocycles. The van der Waals surface area contributed by atoms with Gasteiger partial charge in [-0.05, 0) is 24.8 Å². The topological polar surface area (TPSA) is 29.9 Å². The Hall–Kier alpha value is -1.29. The molecule has 0 saturated heterocycles. The van der Waals surface area contributed by atoms with Crippen molar-refractivity contribution in [1.82, 2.24) is 9.55 Å². The number of nitrogens with zero attached hydrogens (tertiary/aromatic N) is 2. The van der Waals surface area contributed by atoms with Crippen molar-refractivity contribution in [3.63, 3.8) is 0 Å². The molecule has 0 amide bonds. The lowest BCUT2D eigenvalue weighted by Crippen LogP contribution is -2.04. The number of nitrogens with one attached hydrogen (secondary N) is 1. The van der Waals surface area contributed by atoms with E-state index in [0.29, 0.717) is 0 Å². The molecule has 0 fully saturated rings. The molecule has 0 saturated carbocycles. The lowest BCUT2D eigenvalue weighted by Gasteiger charge is -2.05. The number of imidazole rings is 1. The quantitative estimate of drug-likeness (QED) is 0.860. The van der Waals surface area contributed by atoms with Crippen molar-refractivity contribution in [2.24, 2.45) is 0 Å². The molecule has 15 heavy (non-hydrogen) atoms. The summed E-state index contributed by atoms with van der Waals surface area (Å²) in [6, 6.07) is 4.27. The SMILES string of the molecule is CNc1nc(C)cn1CCc1cccs1. The third kappa shape index (κ3) is 2.39. The van der Waals surface area contributed by atoms with Gasteiger partial charge in [0.2, 0.25) is 5.95 Å². The first kappa shape index (κ1) is 10.2. The zero-order chi connectivity index (χ0) is 10.7. The van der Waals surface area contributed by atoms with Crippen LogP contribution in [0.4, 0.5) is 5.95 Å². The molecule has 4 heteroatoms. The zero-order valence-electron chi connectivity index (χ0n) is 9.03. The number of hydrogen-bond acceptors (Lipinski definition) is 3. The van der Waals surface area contributed by atoms with Crippen molar-refractivity contribution >= 4 is 17.3 Å². The molecule has 0 aliphatic rings. The van der Waals surface area contributed by atoms with Crippen molar-refractivity contribution < 1.29 is 0 Å². The first-order valence-corrected chi connectivity index (χ1v) is 5.91.